The zero-order chi connectivity index (χ0) is 57.0. The van der Waals surface area contributed by atoms with E-state index < -0.39 is 32.5 Å². The molecule has 2 unspecified atom stereocenters. The zero-order valence-electron chi connectivity index (χ0n) is 50.1. The summed E-state index contributed by atoms with van der Waals surface area (Å²) < 4.78 is 34.2. The molecule has 0 saturated heterocycles. The second-order valence-corrected chi connectivity index (χ2v) is 22.4. The van der Waals surface area contributed by atoms with E-state index in [2.05, 4.69) is 160 Å². The molecule has 0 rings (SSSR count). The highest BCUT2D eigenvalue weighted by Gasteiger charge is 2.22. The van der Waals surface area contributed by atoms with Crippen molar-refractivity contribution >= 4 is 19.8 Å². The molecule has 0 N–H and O–H groups in total. The number of phosphoric ester groups is 1. The van der Waals surface area contributed by atoms with Gasteiger partial charge in [0, 0.05) is 12.8 Å². The molecule has 0 aromatic rings. The van der Waals surface area contributed by atoms with Crippen molar-refractivity contribution in [3.63, 3.8) is 0 Å². The molecule has 2 atom stereocenters. The third kappa shape index (κ3) is 61.1. The zero-order valence-corrected chi connectivity index (χ0v) is 50.9. The molecule has 442 valence electrons. The van der Waals surface area contributed by atoms with Crippen LogP contribution < -0.4 is 4.89 Å². The highest BCUT2D eigenvalue weighted by atomic mass is 31.2. The maximum Gasteiger partial charge on any atom is 0.306 e. The van der Waals surface area contributed by atoms with Crippen LogP contribution in [0.25, 0.3) is 0 Å². The Morgan fingerprint density at radius 2 is 0.692 bits per heavy atom. The molecule has 0 radical (unpaired) electrons. The normalized spacial score (nSPS) is 14.3. The number of quaternary nitrogens is 1. The summed E-state index contributed by atoms with van der Waals surface area (Å²) >= 11 is 0. The Morgan fingerprint density at radius 3 is 1.03 bits per heavy atom. The van der Waals surface area contributed by atoms with Gasteiger partial charge in [0.25, 0.3) is 7.82 Å². The topological polar surface area (TPSA) is 111 Å². The molecule has 10 heteroatoms. The molecule has 9 nitrogen and oxygen atoms in total. The van der Waals surface area contributed by atoms with Crippen LogP contribution in [-0.2, 0) is 32.7 Å². The van der Waals surface area contributed by atoms with E-state index in [0.29, 0.717) is 23.9 Å². The minimum Gasteiger partial charge on any atom is -0.756 e. The fourth-order valence-electron chi connectivity index (χ4n) is 7.72. The molecule has 0 spiro atoms. The van der Waals surface area contributed by atoms with Gasteiger partial charge in [-0.05, 0) is 116 Å². The second-order valence-electron chi connectivity index (χ2n) is 20.9. The molecule has 0 saturated carbocycles. The number of unbranched alkanes of at least 4 members (excludes halogenated alkanes) is 16. The summed E-state index contributed by atoms with van der Waals surface area (Å²) in [6.45, 7) is 3.97. The van der Waals surface area contributed by atoms with Gasteiger partial charge in [0.05, 0.1) is 27.7 Å². The van der Waals surface area contributed by atoms with Gasteiger partial charge in [0.1, 0.15) is 19.8 Å². The Bertz CT molecular complexity index is 1820. The SMILES string of the molecule is CC/C=C\C/C=C\C/C=C\C/C=C\C/C=C\C/C=C\CCCCCCCCCCCCC(=O)OC(COC(=O)CCCCCCCC/C=C\C/C=C\C/C=C\C/C=C\C/C=C\C/C=C\CC)COP(=O)([O-])OCC[N+](C)(C)C. The van der Waals surface area contributed by atoms with Crippen molar-refractivity contribution in [2.24, 2.45) is 0 Å². The van der Waals surface area contributed by atoms with Gasteiger partial charge in [-0.15, -0.1) is 0 Å². The molecule has 78 heavy (non-hydrogen) atoms. The smallest absolute Gasteiger partial charge is 0.306 e. The number of likely N-dealkylation sites (N-methyl/N-ethyl adjacent to an activating group) is 1. The first-order chi connectivity index (χ1) is 38.0. The van der Waals surface area contributed by atoms with Gasteiger partial charge in [-0.3, -0.25) is 14.2 Å². The highest BCUT2D eigenvalue weighted by molar-refractivity contribution is 7.45. The molecule has 0 bridgehead atoms. The Labute approximate surface area is 478 Å². The van der Waals surface area contributed by atoms with E-state index in [1.807, 2.05) is 21.1 Å². The van der Waals surface area contributed by atoms with Crippen LogP contribution in [0.2, 0.25) is 0 Å². The monoisotopic (exact) mass is 1100 g/mol. The van der Waals surface area contributed by atoms with Gasteiger partial charge in [0.15, 0.2) is 6.10 Å². The van der Waals surface area contributed by atoms with Crippen LogP contribution in [0.15, 0.2) is 146 Å². The minimum atomic E-state index is -4.65. The number of esters is 2. The first-order valence-corrected chi connectivity index (χ1v) is 32.0. The van der Waals surface area contributed by atoms with Gasteiger partial charge in [0.2, 0.25) is 0 Å². The third-order valence-electron chi connectivity index (χ3n) is 12.4. The van der Waals surface area contributed by atoms with E-state index in [4.69, 9.17) is 18.5 Å². The summed E-state index contributed by atoms with van der Waals surface area (Å²) in [5.41, 5.74) is 0. The molecule has 0 fully saturated rings. The van der Waals surface area contributed by atoms with Crippen molar-refractivity contribution in [3.8, 4) is 0 Å². The molecule has 0 aliphatic carbocycles. The van der Waals surface area contributed by atoms with E-state index in [-0.39, 0.29) is 26.1 Å². The number of nitrogens with zero attached hydrogens (tertiary/aromatic N) is 1. The Kier molecular flexibility index (Phi) is 54.5. The number of hydrogen-bond donors (Lipinski definition) is 0. The van der Waals surface area contributed by atoms with Crippen LogP contribution in [0.4, 0.5) is 0 Å². The van der Waals surface area contributed by atoms with E-state index in [1.54, 1.807) is 0 Å². The lowest BCUT2D eigenvalue weighted by atomic mass is 10.0. The van der Waals surface area contributed by atoms with E-state index in [0.717, 1.165) is 141 Å². The molecule has 0 aromatic heterocycles. The van der Waals surface area contributed by atoms with Crippen LogP contribution in [0.1, 0.15) is 219 Å². The number of phosphoric acid groups is 1. The number of hydrogen-bond acceptors (Lipinski definition) is 8. The first kappa shape index (κ1) is 73.9. The molecule has 0 amide bonds. The Morgan fingerprint density at radius 1 is 0.397 bits per heavy atom. The van der Waals surface area contributed by atoms with E-state index in [9.17, 15) is 19.0 Å². The summed E-state index contributed by atoms with van der Waals surface area (Å²) in [4.78, 5) is 38.0. The molecular weight excluding hydrogens is 990 g/mol. The fourth-order valence-corrected chi connectivity index (χ4v) is 8.45. The van der Waals surface area contributed by atoms with Crippen molar-refractivity contribution in [2.75, 3.05) is 47.5 Å². The lowest BCUT2D eigenvalue weighted by molar-refractivity contribution is -0.870. The van der Waals surface area contributed by atoms with Gasteiger partial charge in [-0.25, -0.2) is 0 Å². The molecular formula is C68H112NO8P. The number of ether oxygens (including phenoxy) is 2. The highest BCUT2D eigenvalue weighted by Crippen LogP contribution is 2.38. The number of carbonyl (C=O) groups is 2. The predicted molar refractivity (Wildman–Crippen MR) is 332 cm³/mol. The molecule has 0 aliphatic rings. The summed E-state index contributed by atoms with van der Waals surface area (Å²) in [7, 11) is 1.13. The standard InChI is InChI=1S/C68H112NO8P/c1-6-8-10-12-14-16-18-20-22-24-26-28-30-32-33-34-35-37-39-41-43-45-47-49-51-53-55-57-59-61-68(71)77-66(65-76-78(72,73)75-63-62-69(3,4)5)64-74-67(70)60-58-56-54-52-50-48-46-44-42-40-38-36-31-29-27-25-23-21-19-17-15-13-11-9-7-2/h8-11,14-17,20-23,26-29,32-33,35-38,42,44,66H,6-7,12-13,18-19,24-25,30-31,34,39-41,43,45-65H2,1-5H3/b10-8-,11-9-,16-14-,17-15-,22-20-,23-21-,28-26-,29-27-,33-32-,37-35-,38-36-,44-42-. The van der Waals surface area contributed by atoms with E-state index in [1.165, 1.54) is 38.5 Å². The summed E-state index contributed by atoms with van der Waals surface area (Å²) in [5.74, 6) is -0.865. The molecule has 0 heterocycles. The Hall–Kier alpha value is -4.11. The molecule has 0 aromatic carbocycles. The van der Waals surface area contributed by atoms with Crippen LogP contribution in [0, 0.1) is 0 Å². The maximum absolute atomic E-state index is 12.8. The van der Waals surface area contributed by atoms with Crippen LogP contribution in [0.3, 0.4) is 0 Å². The minimum absolute atomic E-state index is 0.0427. The van der Waals surface area contributed by atoms with Gasteiger partial charge in [-0.1, -0.05) is 237 Å². The summed E-state index contributed by atoms with van der Waals surface area (Å²) in [5, 5.41) is 0. The van der Waals surface area contributed by atoms with Crippen molar-refractivity contribution in [1.82, 2.24) is 0 Å². The third-order valence-corrected chi connectivity index (χ3v) is 13.3. The summed E-state index contributed by atoms with van der Waals surface area (Å²) in [6.07, 6.45) is 84.6. The van der Waals surface area contributed by atoms with Crippen molar-refractivity contribution in [2.45, 2.75) is 225 Å². The van der Waals surface area contributed by atoms with Gasteiger partial charge >= 0.3 is 11.9 Å². The first-order valence-electron chi connectivity index (χ1n) is 30.5. The lowest BCUT2D eigenvalue weighted by Gasteiger charge is -2.28. The quantitative estimate of drug-likeness (QED) is 0.0195. The average Bonchev–Trinajstić information content (AvgIpc) is 3.41. The number of rotatable bonds is 54. The van der Waals surface area contributed by atoms with Crippen LogP contribution in [-0.4, -0.2) is 70.0 Å². The summed E-state index contributed by atoms with van der Waals surface area (Å²) in [6, 6.07) is 0. The second kappa shape index (κ2) is 57.6. The molecule has 0 aliphatic heterocycles. The van der Waals surface area contributed by atoms with Crippen LogP contribution in [0.5, 0.6) is 0 Å². The fraction of sp³-hybridized carbons (Fsp3) is 0.618. The number of allylic oxidation sites excluding steroid dienone is 24. The van der Waals surface area contributed by atoms with Crippen molar-refractivity contribution in [3.05, 3.63) is 146 Å². The van der Waals surface area contributed by atoms with Crippen molar-refractivity contribution in [1.29, 1.82) is 0 Å². The maximum atomic E-state index is 12.8. The van der Waals surface area contributed by atoms with E-state index >= 15 is 0 Å². The van der Waals surface area contributed by atoms with Crippen molar-refractivity contribution < 1.29 is 42.1 Å². The lowest BCUT2D eigenvalue weighted by Crippen LogP contribution is -2.37. The average molecular weight is 1100 g/mol. The van der Waals surface area contributed by atoms with Gasteiger partial charge < -0.3 is 27.9 Å². The Balaban J connectivity index is 4.23. The van der Waals surface area contributed by atoms with Crippen LogP contribution >= 0.6 is 7.82 Å². The predicted octanol–water partition coefficient (Wildman–Crippen LogP) is 18.8. The number of carbonyl (C=O) groups excluding carboxylic acids is 2. The van der Waals surface area contributed by atoms with Gasteiger partial charge in [-0.2, -0.15) is 0 Å². The largest absolute Gasteiger partial charge is 0.756 e.